The maximum Gasteiger partial charge on any atom is 0.210 e. The Kier molecular flexibility index (Phi) is 4.54. The van der Waals surface area contributed by atoms with E-state index in [0.29, 0.717) is 29.9 Å². The Morgan fingerprint density at radius 2 is 1.80 bits per heavy atom. The van der Waals surface area contributed by atoms with Crippen molar-refractivity contribution in [1.29, 1.82) is 0 Å². The normalized spacial score (nSPS) is 13.0. The summed E-state index contributed by atoms with van der Waals surface area (Å²) >= 11 is 5.10. The Hall–Kier alpha value is -2.19. The van der Waals surface area contributed by atoms with Crippen molar-refractivity contribution in [3.05, 3.63) is 52.5 Å². The van der Waals surface area contributed by atoms with Gasteiger partial charge in [0.05, 0.1) is 0 Å². The lowest BCUT2D eigenvalue weighted by Gasteiger charge is -2.19. The fraction of sp³-hybridized carbons (Fsp3) is 0.176. The number of benzene rings is 2. The molecular weight excluding hydrogens is 404 g/mol. The third-order valence-corrected chi connectivity index (χ3v) is 5.49. The first-order chi connectivity index (χ1) is 12.2. The molecule has 6 nitrogen and oxygen atoms in total. The molecule has 0 fully saturated rings. The van der Waals surface area contributed by atoms with Crippen molar-refractivity contribution in [3.8, 4) is 22.9 Å². The van der Waals surface area contributed by atoms with Gasteiger partial charge in [-0.05, 0) is 17.7 Å². The molecule has 0 aliphatic carbocycles. The van der Waals surface area contributed by atoms with E-state index in [9.17, 15) is 0 Å². The highest BCUT2D eigenvalue weighted by atomic mass is 79.9. The fourth-order valence-electron chi connectivity index (χ4n) is 2.52. The minimum Gasteiger partial charge on any atom is -0.486 e. The van der Waals surface area contributed by atoms with Crippen LogP contribution in [0.5, 0.6) is 11.5 Å². The van der Waals surface area contributed by atoms with Crippen molar-refractivity contribution in [1.82, 2.24) is 14.9 Å². The van der Waals surface area contributed by atoms with Gasteiger partial charge in [-0.3, -0.25) is 0 Å². The molecule has 0 saturated carbocycles. The van der Waals surface area contributed by atoms with Gasteiger partial charge >= 0.3 is 0 Å². The number of hydrogen-bond acceptors (Lipinski definition) is 6. The highest BCUT2D eigenvalue weighted by Crippen LogP contribution is 2.37. The number of thioether (sulfide) groups is 1. The van der Waals surface area contributed by atoms with E-state index in [1.54, 1.807) is 0 Å². The van der Waals surface area contributed by atoms with Crippen molar-refractivity contribution >= 4 is 27.7 Å². The Labute approximate surface area is 157 Å². The average molecular weight is 419 g/mol. The number of aromatic nitrogens is 3. The third-order valence-electron chi connectivity index (χ3n) is 3.76. The molecule has 1 aliphatic rings. The van der Waals surface area contributed by atoms with Gasteiger partial charge in [0.25, 0.3) is 0 Å². The molecule has 1 aliphatic heterocycles. The molecule has 0 saturated heterocycles. The molecule has 128 valence electrons. The van der Waals surface area contributed by atoms with Gasteiger partial charge in [-0.15, -0.1) is 10.2 Å². The zero-order valence-electron chi connectivity index (χ0n) is 13.2. The van der Waals surface area contributed by atoms with Crippen molar-refractivity contribution in [2.45, 2.75) is 10.9 Å². The van der Waals surface area contributed by atoms with E-state index in [1.165, 1.54) is 16.4 Å². The standard InChI is InChI=1S/C17H15BrN4O2S/c18-13-9-15-14(23-6-7-24-15)8-12(13)10-25-17-21-20-16(22(17)19)11-4-2-1-3-5-11/h1-5,8-9H,6-7,10,19H2. The molecule has 3 aromatic rings. The van der Waals surface area contributed by atoms with Gasteiger partial charge in [0.2, 0.25) is 5.16 Å². The predicted molar refractivity (Wildman–Crippen MR) is 100 cm³/mol. The third kappa shape index (κ3) is 3.32. The molecule has 0 amide bonds. The molecule has 2 aromatic carbocycles. The maximum atomic E-state index is 6.16. The quantitative estimate of drug-likeness (QED) is 0.516. The molecule has 0 bridgehead atoms. The number of nitrogens with two attached hydrogens (primary N) is 1. The largest absolute Gasteiger partial charge is 0.486 e. The molecule has 2 N–H and O–H groups in total. The minimum atomic E-state index is 0.568. The lowest BCUT2D eigenvalue weighted by molar-refractivity contribution is 0.171. The highest BCUT2D eigenvalue weighted by molar-refractivity contribution is 9.10. The van der Waals surface area contributed by atoms with Crippen molar-refractivity contribution in [2.24, 2.45) is 0 Å². The summed E-state index contributed by atoms with van der Waals surface area (Å²) in [6, 6.07) is 13.7. The van der Waals surface area contributed by atoms with Crippen LogP contribution in [0, 0.1) is 0 Å². The Bertz CT molecular complexity index is 901. The molecule has 25 heavy (non-hydrogen) atoms. The number of nitrogen functional groups attached to an aromatic ring is 1. The van der Waals surface area contributed by atoms with E-state index < -0.39 is 0 Å². The van der Waals surface area contributed by atoms with E-state index in [4.69, 9.17) is 15.3 Å². The molecule has 0 unspecified atom stereocenters. The zero-order valence-corrected chi connectivity index (χ0v) is 15.6. The van der Waals surface area contributed by atoms with E-state index in [0.717, 1.165) is 27.1 Å². The van der Waals surface area contributed by atoms with E-state index in [2.05, 4.69) is 26.1 Å². The van der Waals surface area contributed by atoms with Gasteiger partial charge in [0, 0.05) is 15.8 Å². The van der Waals surface area contributed by atoms with Crippen LogP contribution in [0.15, 0.2) is 52.1 Å². The van der Waals surface area contributed by atoms with Crippen LogP contribution in [0.2, 0.25) is 0 Å². The van der Waals surface area contributed by atoms with Crippen molar-refractivity contribution in [3.63, 3.8) is 0 Å². The van der Waals surface area contributed by atoms with Gasteiger partial charge in [0.1, 0.15) is 13.2 Å². The molecule has 1 aromatic heterocycles. The summed E-state index contributed by atoms with van der Waals surface area (Å²) in [6.45, 7) is 1.14. The van der Waals surface area contributed by atoms with E-state index >= 15 is 0 Å². The van der Waals surface area contributed by atoms with Crippen molar-refractivity contribution < 1.29 is 9.47 Å². The first-order valence-electron chi connectivity index (χ1n) is 7.69. The summed E-state index contributed by atoms with van der Waals surface area (Å²) in [5.74, 6) is 9.02. The van der Waals surface area contributed by atoms with Crippen LogP contribution in [-0.4, -0.2) is 28.1 Å². The van der Waals surface area contributed by atoms with Gasteiger partial charge in [-0.2, -0.15) is 0 Å². The Balaban J connectivity index is 1.53. The minimum absolute atomic E-state index is 0.568. The van der Waals surface area contributed by atoms with Gasteiger partial charge in [-0.25, -0.2) is 4.68 Å². The van der Waals surface area contributed by atoms with Gasteiger partial charge in [-0.1, -0.05) is 58.0 Å². The highest BCUT2D eigenvalue weighted by Gasteiger charge is 2.17. The van der Waals surface area contributed by atoms with Crippen LogP contribution in [0.1, 0.15) is 5.56 Å². The lowest BCUT2D eigenvalue weighted by Crippen LogP contribution is -2.15. The molecule has 0 radical (unpaired) electrons. The predicted octanol–water partition coefficient (Wildman–Crippen LogP) is 3.48. The number of halogens is 1. The second-order valence-electron chi connectivity index (χ2n) is 5.42. The first kappa shape index (κ1) is 16.3. The van der Waals surface area contributed by atoms with Crippen LogP contribution < -0.4 is 15.3 Å². The number of hydrogen-bond donors (Lipinski definition) is 1. The van der Waals surface area contributed by atoms with Gasteiger partial charge < -0.3 is 15.3 Å². The summed E-state index contributed by atoms with van der Waals surface area (Å²) in [4.78, 5) is 0. The topological polar surface area (TPSA) is 75.2 Å². The number of rotatable bonds is 4. The zero-order chi connectivity index (χ0) is 17.2. The first-order valence-corrected chi connectivity index (χ1v) is 9.47. The number of fused-ring (bicyclic) bond motifs is 1. The van der Waals surface area contributed by atoms with Crippen molar-refractivity contribution in [2.75, 3.05) is 19.1 Å². The summed E-state index contributed by atoms with van der Waals surface area (Å²) in [5.41, 5.74) is 2.02. The second kappa shape index (κ2) is 6.97. The Morgan fingerprint density at radius 1 is 1.08 bits per heavy atom. The smallest absolute Gasteiger partial charge is 0.210 e. The monoisotopic (exact) mass is 418 g/mol. The van der Waals surface area contributed by atoms with E-state index in [1.807, 2.05) is 42.5 Å². The fourth-order valence-corrected chi connectivity index (χ4v) is 4.01. The molecule has 4 rings (SSSR count). The van der Waals surface area contributed by atoms with Crippen LogP contribution >= 0.6 is 27.7 Å². The molecule has 8 heteroatoms. The van der Waals surface area contributed by atoms with E-state index in [-0.39, 0.29) is 0 Å². The average Bonchev–Trinajstić information content (AvgIpc) is 3.01. The molecule has 2 heterocycles. The maximum absolute atomic E-state index is 6.16. The molecule has 0 spiro atoms. The molecule has 0 atom stereocenters. The summed E-state index contributed by atoms with van der Waals surface area (Å²) < 4.78 is 13.7. The number of nitrogens with zero attached hydrogens (tertiary/aromatic N) is 3. The SMILES string of the molecule is Nn1c(SCc2cc3c(cc2Br)OCCO3)nnc1-c1ccccc1. The number of ether oxygens (including phenoxy) is 2. The summed E-state index contributed by atoms with van der Waals surface area (Å²) in [6.07, 6.45) is 0. The van der Waals surface area contributed by atoms with Crippen LogP contribution in [0.3, 0.4) is 0 Å². The van der Waals surface area contributed by atoms with Crippen LogP contribution in [0.25, 0.3) is 11.4 Å². The second-order valence-corrected chi connectivity index (χ2v) is 7.21. The van der Waals surface area contributed by atoms with Crippen LogP contribution in [0.4, 0.5) is 0 Å². The van der Waals surface area contributed by atoms with Gasteiger partial charge in [0.15, 0.2) is 17.3 Å². The summed E-state index contributed by atoms with van der Waals surface area (Å²) in [5, 5.41) is 9.06. The lowest BCUT2D eigenvalue weighted by atomic mass is 10.2. The summed E-state index contributed by atoms with van der Waals surface area (Å²) in [7, 11) is 0. The van der Waals surface area contributed by atoms with Crippen LogP contribution in [-0.2, 0) is 5.75 Å². The molecular formula is C17H15BrN4O2S. The Morgan fingerprint density at radius 3 is 2.56 bits per heavy atom.